The van der Waals surface area contributed by atoms with Crippen molar-refractivity contribution < 1.29 is 9.18 Å². The number of carbonyl (C=O) groups is 1. The van der Waals surface area contributed by atoms with Gasteiger partial charge in [-0.05, 0) is 63.0 Å². The Morgan fingerprint density at radius 3 is 2.56 bits per heavy atom. The van der Waals surface area contributed by atoms with E-state index in [2.05, 4.69) is 24.3 Å². The molecule has 6 rings (SSSR count). The van der Waals surface area contributed by atoms with Crippen molar-refractivity contribution in [2.24, 2.45) is 5.92 Å². The van der Waals surface area contributed by atoms with Gasteiger partial charge in [0.25, 0.3) is 0 Å². The number of benzene rings is 1. The Bertz CT molecular complexity index is 1330. The summed E-state index contributed by atoms with van der Waals surface area (Å²) < 4.78 is 16.1. The molecule has 1 amide bonds. The van der Waals surface area contributed by atoms with E-state index < -0.39 is 0 Å². The van der Waals surface area contributed by atoms with Gasteiger partial charge in [0.15, 0.2) is 5.82 Å². The number of hydrogen-bond acceptors (Lipinski definition) is 6. The summed E-state index contributed by atoms with van der Waals surface area (Å²) in [6, 6.07) is 10.7. The van der Waals surface area contributed by atoms with Gasteiger partial charge < -0.3 is 9.47 Å². The first-order valence-electron chi connectivity index (χ1n) is 12.6. The number of piperidine rings is 2. The Morgan fingerprint density at radius 2 is 1.83 bits per heavy atom. The maximum atomic E-state index is 13.9. The van der Waals surface area contributed by atoms with Crippen molar-refractivity contribution in [3.05, 3.63) is 65.0 Å². The fourth-order valence-electron chi connectivity index (χ4n) is 5.58. The number of likely N-dealkylation sites (tertiary alicyclic amines) is 2. The van der Waals surface area contributed by atoms with Crippen LogP contribution in [-0.4, -0.2) is 61.4 Å². The highest BCUT2D eigenvalue weighted by atomic mass is 32.1. The normalized spacial score (nSPS) is 18.2. The molecule has 0 spiro atoms. The summed E-state index contributed by atoms with van der Waals surface area (Å²) in [4.78, 5) is 31.4. The number of thiazole rings is 1. The molecule has 2 fully saturated rings. The molecule has 0 bridgehead atoms. The molecule has 2 saturated heterocycles. The molecule has 0 saturated carbocycles. The van der Waals surface area contributed by atoms with Gasteiger partial charge in [-0.25, -0.2) is 14.4 Å². The van der Waals surface area contributed by atoms with E-state index >= 15 is 0 Å². The van der Waals surface area contributed by atoms with Gasteiger partial charge in [0.1, 0.15) is 16.5 Å². The van der Waals surface area contributed by atoms with Crippen molar-refractivity contribution >= 4 is 28.3 Å². The lowest BCUT2D eigenvalue weighted by Gasteiger charge is -2.37. The predicted molar refractivity (Wildman–Crippen MR) is 138 cm³/mol. The van der Waals surface area contributed by atoms with Crippen LogP contribution < -0.4 is 0 Å². The van der Waals surface area contributed by atoms with Crippen LogP contribution in [0, 0.1) is 11.7 Å². The molecule has 3 aromatic heterocycles. The highest BCUT2D eigenvalue weighted by molar-refractivity contribution is 7.09. The third-order valence-corrected chi connectivity index (χ3v) is 8.23. The summed E-state index contributed by atoms with van der Waals surface area (Å²) in [5.41, 5.74) is 2.32. The summed E-state index contributed by atoms with van der Waals surface area (Å²) in [5, 5.41) is 3.15. The highest BCUT2D eigenvalue weighted by Gasteiger charge is 2.32. The molecule has 0 radical (unpaired) electrons. The highest BCUT2D eigenvalue weighted by Crippen LogP contribution is 2.34. The Labute approximate surface area is 213 Å². The lowest BCUT2D eigenvalue weighted by Crippen LogP contribution is -2.45. The third-order valence-electron chi connectivity index (χ3n) is 7.47. The molecule has 1 aromatic carbocycles. The minimum Gasteiger partial charge on any atom is -0.342 e. The van der Waals surface area contributed by atoms with Gasteiger partial charge in [-0.3, -0.25) is 14.7 Å². The van der Waals surface area contributed by atoms with Crippen LogP contribution in [-0.2, 0) is 11.3 Å². The topological polar surface area (TPSA) is 67.2 Å². The van der Waals surface area contributed by atoms with Crippen LogP contribution >= 0.6 is 11.3 Å². The summed E-state index contributed by atoms with van der Waals surface area (Å²) >= 11 is 1.69. The van der Waals surface area contributed by atoms with E-state index in [-0.39, 0.29) is 17.8 Å². The Morgan fingerprint density at radius 1 is 1.00 bits per heavy atom. The molecule has 186 valence electrons. The lowest BCUT2D eigenvalue weighted by atomic mass is 9.93. The summed E-state index contributed by atoms with van der Waals surface area (Å²) in [6.45, 7) is 4.22. The van der Waals surface area contributed by atoms with Crippen LogP contribution in [0.15, 0.2) is 54.2 Å². The molecule has 2 aliphatic rings. The number of amides is 1. The fraction of sp³-hybridized carbons (Fsp3) is 0.407. The van der Waals surface area contributed by atoms with E-state index in [0.29, 0.717) is 11.4 Å². The van der Waals surface area contributed by atoms with Crippen LogP contribution in [0.1, 0.15) is 36.7 Å². The smallest absolute Gasteiger partial charge is 0.225 e. The van der Waals surface area contributed by atoms with Gasteiger partial charge in [0.05, 0.1) is 17.6 Å². The van der Waals surface area contributed by atoms with Crippen LogP contribution in [0.2, 0.25) is 0 Å². The van der Waals surface area contributed by atoms with E-state index in [1.807, 2.05) is 29.8 Å². The van der Waals surface area contributed by atoms with Crippen molar-refractivity contribution in [2.75, 3.05) is 26.2 Å². The van der Waals surface area contributed by atoms with Gasteiger partial charge in [-0.1, -0.05) is 6.07 Å². The number of nitrogens with zero attached hydrogens (tertiary/aromatic N) is 6. The molecule has 5 heterocycles. The van der Waals surface area contributed by atoms with E-state index in [4.69, 9.17) is 4.98 Å². The molecule has 9 heteroatoms. The quantitative estimate of drug-likeness (QED) is 0.392. The van der Waals surface area contributed by atoms with E-state index in [9.17, 15) is 9.18 Å². The predicted octanol–water partition coefficient (Wildman–Crippen LogP) is 4.77. The SMILES string of the molecule is O=C(C1CCN(Cc2nccs2)CC1)N1CCC(n2c(-c3ccccn3)nc3cc(F)ccc32)CC1. The minimum absolute atomic E-state index is 0.107. The van der Waals surface area contributed by atoms with Gasteiger partial charge in [-0.2, -0.15) is 0 Å². The van der Waals surface area contributed by atoms with Crippen LogP contribution in [0.25, 0.3) is 22.6 Å². The summed E-state index contributed by atoms with van der Waals surface area (Å²) in [7, 11) is 0. The number of pyridine rings is 1. The van der Waals surface area contributed by atoms with Crippen molar-refractivity contribution in [3.8, 4) is 11.5 Å². The van der Waals surface area contributed by atoms with Crippen molar-refractivity contribution in [2.45, 2.75) is 38.3 Å². The molecule has 0 aliphatic carbocycles. The molecule has 0 atom stereocenters. The zero-order valence-electron chi connectivity index (χ0n) is 20.1. The van der Waals surface area contributed by atoms with Gasteiger partial charge in [0, 0.05) is 48.9 Å². The molecular weight excluding hydrogens is 475 g/mol. The number of halogens is 1. The molecular formula is C27H29FN6OS. The van der Waals surface area contributed by atoms with Crippen molar-refractivity contribution in [1.82, 2.24) is 29.3 Å². The standard InChI is InChI=1S/C27H29FN6OS/c28-20-4-5-24-23(17-20)31-26(22-3-1-2-10-29-22)34(24)21-8-14-33(15-9-21)27(35)19-6-12-32(13-7-19)18-25-30-11-16-36-25/h1-5,10-11,16-17,19,21H,6-9,12-15,18H2. The van der Waals surface area contributed by atoms with E-state index in [0.717, 1.165) is 80.4 Å². The zero-order chi connectivity index (χ0) is 24.5. The third kappa shape index (κ3) is 4.65. The second kappa shape index (κ2) is 10.1. The first-order valence-corrected chi connectivity index (χ1v) is 13.5. The zero-order valence-corrected chi connectivity index (χ0v) is 20.9. The van der Waals surface area contributed by atoms with Crippen molar-refractivity contribution in [1.29, 1.82) is 0 Å². The number of aromatic nitrogens is 4. The second-order valence-corrected chi connectivity index (χ2v) is 10.7. The monoisotopic (exact) mass is 504 g/mol. The summed E-state index contributed by atoms with van der Waals surface area (Å²) in [6.07, 6.45) is 7.11. The lowest BCUT2D eigenvalue weighted by molar-refractivity contribution is -0.138. The Balaban J connectivity index is 1.13. The molecule has 2 aliphatic heterocycles. The number of carbonyl (C=O) groups excluding carboxylic acids is 1. The minimum atomic E-state index is -0.294. The van der Waals surface area contributed by atoms with Gasteiger partial charge in [0.2, 0.25) is 5.91 Å². The van der Waals surface area contributed by atoms with E-state index in [1.54, 1.807) is 23.6 Å². The largest absolute Gasteiger partial charge is 0.342 e. The maximum Gasteiger partial charge on any atom is 0.225 e. The number of fused-ring (bicyclic) bond motifs is 1. The molecule has 7 nitrogen and oxygen atoms in total. The molecule has 0 unspecified atom stereocenters. The van der Waals surface area contributed by atoms with Gasteiger partial charge in [-0.15, -0.1) is 11.3 Å². The second-order valence-electron chi connectivity index (χ2n) is 9.69. The molecule has 36 heavy (non-hydrogen) atoms. The first-order chi connectivity index (χ1) is 17.7. The number of imidazole rings is 1. The average Bonchev–Trinajstić information content (AvgIpc) is 3.57. The molecule has 0 N–H and O–H groups in total. The van der Waals surface area contributed by atoms with Crippen LogP contribution in [0.4, 0.5) is 4.39 Å². The van der Waals surface area contributed by atoms with Crippen LogP contribution in [0.5, 0.6) is 0 Å². The number of hydrogen-bond donors (Lipinski definition) is 0. The Hall–Kier alpha value is -3.17. The van der Waals surface area contributed by atoms with E-state index in [1.165, 1.54) is 12.1 Å². The van der Waals surface area contributed by atoms with Crippen LogP contribution in [0.3, 0.4) is 0 Å². The maximum absolute atomic E-state index is 13.9. The fourth-order valence-corrected chi connectivity index (χ4v) is 6.24. The number of rotatable bonds is 5. The van der Waals surface area contributed by atoms with Crippen molar-refractivity contribution in [3.63, 3.8) is 0 Å². The molecule has 4 aromatic rings. The Kier molecular flexibility index (Phi) is 6.50. The first kappa shape index (κ1) is 23.2. The average molecular weight is 505 g/mol. The summed E-state index contributed by atoms with van der Waals surface area (Å²) in [5.74, 6) is 0.867. The van der Waals surface area contributed by atoms with Gasteiger partial charge >= 0.3 is 0 Å².